The Morgan fingerprint density at radius 2 is 2.12 bits per heavy atom. The lowest BCUT2D eigenvalue weighted by Gasteiger charge is -2.14. The summed E-state index contributed by atoms with van der Waals surface area (Å²) in [6, 6.07) is 6.20. The molecule has 92 valence electrons. The number of benzene rings is 1. The van der Waals surface area contributed by atoms with Crippen LogP contribution in [0.3, 0.4) is 0 Å². The highest BCUT2D eigenvalue weighted by molar-refractivity contribution is 5.96. The summed E-state index contributed by atoms with van der Waals surface area (Å²) in [5.41, 5.74) is 1.95. The average Bonchev–Trinajstić information content (AvgIpc) is 2.29. The summed E-state index contributed by atoms with van der Waals surface area (Å²) < 4.78 is 0. The molecular formula is C12H16N2O3. The molecule has 0 aromatic heterocycles. The molecular weight excluding hydrogens is 220 g/mol. The van der Waals surface area contributed by atoms with E-state index in [1.807, 2.05) is 0 Å². The topological polar surface area (TPSA) is 81.9 Å². The van der Waals surface area contributed by atoms with E-state index in [0.29, 0.717) is 0 Å². The Labute approximate surface area is 99.8 Å². The van der Waals surface area contributed by atoms with Crippen LogP contribution in [-0.2, 0) is 0 Å². The SMILES string of the molecule is CC(C)(/C=N/NC(=O)c1ccccc1O)CO. The predicted molar refractivity (Wildman–Crippen MR) is 64.9 cm³/mol. The zero-order chi connectivity index (χ0) is 12.9. The van der Waals surface area contributed by atoms with E-state index in [4.69, 9.17) is 5.11 Å². The zero-order valence-corrected chi connectivity index (χ0v) is 9.84. The molecule has 0 radical (unpaired) electrons. The largest absolute Gasteiger partial charge is 0.507 e. The Kier molecular flexibility index (Phi) is 4.23. The fourth-order valence-electron chi connectivity index (χ4n) is 1.03. The first kappa shape index (κ1) is 13.2. The molecule has 0 unspecified atom stereocenters. The maximum Gasteiger partial charge on any atom is 0.275 e. The Morgan fingerprint density at radius 1 is 1.47 bits per heavy atom. The molecule has 0 spiro atoms. The summed E-state index contributed by atoms with van der Waals surface area (Å²) in [5, 5.41) is 22.1. The van der Waals surface area contributed by atoms with Crippen LogP contribution in [0.4, 0.5) is 0 Å². The molecule has 0 heterocycles. The molecule has 1 amide bonds. The molecule has 0 aliphatic heterocycles. The summed E-state index contributed by atoms with van der Waals surface area (Å²) in [4.78, 5) is 11.6. The van der Waals surface area contributed by atoms with Crippen molar-refractivity contribution in [1.82, 2.24) is 5.43 Å². The second-order valence-electron chi connectivity index (χ2n) is 4.36. The van der Waals surface area contributed by atoms with Crippen molar-refractivity contribution >= 4 is 12.1 Å². The van der Waals surface area contributed by atoms with E-state index >= 15 is 0 Å². The number of aliphatic hydroxyl groups excluding tert-OH is 1. The highest BCUT2D eigenvalue weighted by Gasteiger charge is 2.13. The summed E-state index contributed by atoms with van der Waals surface area (Å²) in [6.45, 7) is 3.49. The normalized spacial score (nSPS) is 11.7. The van der Waals surface area contributed by atoms with Gasteiger partial charge in [0.25, 0.3) is 5.91 Å². The summed E-state index contributed by atoms with van der Waals surface area (Å²) in [6.07, 6.45) is 1.45. The lowest BCUT2D eigenvalue weighted by atomic mass is 9.97. The van der Waals surface area contributed by atoms with Crippen LogP contribution < -0.4 is 5.43 Å². The Hall–Kier alpha value is -1.88. The van der Waals surface area contributed by atoms with Crippen LogP contribution in [0.25, 0.3) is 0 Å². The number of rotatable bonds is 4. The second-order valence-corrected chi connectivity index (χ2v) is 4.36. The van der Waals surface area contributed by atoms with Crippen LogP contribution in [0, 0.1) is 5.41 Å². The number of hydrazone groups is 1. The zero-order valence-electron chi connectivity index (χ0n) is 9.84. The molecule has 1 rings (SSSR count). The van der Waals surface area contributed by atoms with Crippen molar-refractivity contribution in [2.24, 2.45) is 10.5 Å². The molecule has 17 heavy (non-hydrogen) atoms. The minimum absolute atomic E-state index is 0.0665. The van der Waals surface area contributed by atoms with Crippen molar-refractivity contribution in [1.29, 1.82) is 0 Å². The van der Waals surface area contributed by atoms with Crippen molar-refractivity contribution in [3.8, 4) is 5.75 Å². The van der Waals surface area contributed by atoms with Crippen molar-refractivity contribution in [2.45, 2.75) is 13.8 Å². The molecule has 0 fully saturated rings. The number of nitrogens with zero attached hydrogens (tertiary/aromatic N) is 1. The highest BCUT2D eigenvalue weighted by atomic mass is 16.3. The molecule has 1 aromatic carbocycles. The van der Waals surface area contributed by atoms with Crippen LogP contribution in [-0.4, -0.2) is 28.9 Å². The smallest absolute Gasteiger partial charge is 0.275 e. The molecule has 5 nitrogen and oxygen atoms in total. The van der Waals surface area contributed by atoms with Gasteiger partial charge in [-0.15, -0.1) is 0 Å². The van der Waals surface area contributed by atoms with E-state index in [1.54, 1.807) is 26.0 Å². The van der Waals surface area contributed by atoms with Gasteiger partial charge in [-0.2, -0.15) is 5.10 Å². The lowest BCUT2D eigenvalue weighted by molar-refractivity contribution is 0.0951. The van der Waals surface area contributed by atoms with Gasteiger partial charge in [0.15, 0.2) is 0 Å². The fourth-order valence-corrected chi connectivity index (χ4v) is 1.03. The van der Waals surface area contributed by atoms with Crippen molar-refractivity contribution in [3.05, 3.63) is 29.8 Å². The van der Waals surface area contributed by atoms with Gasteiger partial charge in [-0.3, -0.25) is 4.79 Å². The molecule has 0 bridgehead atoms. The third kappa shape index (κ3) is 3.88. The van der Waals surface area contributed by atoms with E-state index in [2.05, 4.69) is 10.5 Å². The molecule has 0 saturated heterocycles. The van der Waals surface area contributed by atoms with E-state index < -0.39 is 11.3 Å². The number of phenolic OH excluding ortho intramolecular Hbond substituents is 1. The van der Waals surface area contributed by atoms with Gasteiger partial charge in [0.2, 0.25) is 0 Å². The van der Waals surface area contributed by atoms with Crippen LogP contribution >= 0.6 is 0 Å². The van der Waals surface area contributed by atoms with Crippen LogP contribution in [0.1, 0.15) is 24.2 Å². The van der Waals surface area contributed by atoms with Gasteiger partial charge < -0.3 is 10.2 Å². The third-order valence-electron chi connectivity index (χ3n) is 2.14. The number of carbonyl (C=O) groups is 1. The van der Waals surface area contributed by atoms with Crippen molar-refractivity contribution in [3.63, 3.8) is 0 Å². The molecule has 0 aliphatic carbocycles. The number of phenols is 1. The minimum Gasteiger partial charge on any atom is -0.507 e. The van der Waals surface area contributed by atoms with E-state index in [1.165, 1.54) is 18.3 Å². The Bertz CT molecular complexity index is 428. The maximum atomic E-state index is 11.6. The summed E-state index contributed by atoms with van der Waals surface area (Å²) in [7, 11) is 0. The third-order valence-corrected chi connectivity index (χ3v) is 2.14. The van der Waals surface area contributed by atoms with Gasteiger partial charge in [0.1, 0.15) is 5.75 Å². The molecule has 3 N–H and O–H groups in total. The summed E-state index contributed by atoms with van der Waals surface area (Å²) in [5.74, 6) is -0.588. The van der Waals surface area contributed by atoms with Gasteiger partial charge >= 0.3 is 0 Å². The maximum absolute atomic E-state index is 11.6. The number of carbonyl (C=O) groups excluding carboxylic acids is 1. The molecule has 0 atom stereocenters. The van der Waals surface area contributed by atoms with Gasteiger partial charge in [0.05, 0.1) is 12.2 Å². The van der Waals surface area contributed by atoms with Crippen molar-refractivity contribution < 1.29 is 15.0 Å². The first-order valence-electron chi connectivity index (χ1n) is 5.20. The second kappa shape index (κ2) is 5.45. The van der Waals surface area contributed by atoms with Gasteiger partial charge in [-0.05, 0) is 12.1 Å². The average molecular weight is 236 g/mol. The summed E-state index contributed by atoms with van der Waals surface area (Å²) >= 11 is 0. The number of amides is 1. The van der Waals surface area contributed by atoms with Gasteiger partial charge in [-0.1, -0.05) is 26.0 Å². The van der Waals surface area contributed by atoms with Crippen LogP contribution in [0.5, 0.6) is 5.75 Å². The fraction of sp³-hybridized carbons (Fsp3) is 0.333. The number of hydrogen-bond acceptors (Lipinski definition) is 4. The van der Waals surface area contributed by atoms with E-state index in [0.717, 1.165) is 0 Å². The standard InChI is InChI=1S/C12H16N2O3/c1-12(2,8-15)7-13-14-11(17)9-5-3-4-6-10(9)16/h3-7,15-16H,8H2,1-2H3,(H,14,17)/b13-7+. The van der Waals surface area contributed by atoms with E-state index in [-0.39, 0.29) is 17.9 Å². The van der Waals surface area contributed by atoms with Gasteiger partial charge in [-0.25, -0.2) is 5.43 Å². The number of hydrogen-bond donors (Lipinski definition) is 3. The van der Waals surface area contributed by atoms with Crippen LogP contribution in [0.15, 0.2) is 29.4 Å². The predicted octanol–water partition coefficient (Wildman–Crippen LogP) is 1.13. The Morgan fingerprint density at radius 3 is 2.71 bits per heavy atom. The number of nitrogens with one attached hydrogen (secondary N) is 1. The van der Waals surface area contributed by atoms with Gasteiger partial charge in [0, 0.05) is 11.6 Å². The minimum atomic E-state index is -0.494. The van der Waals surface area contributed by atoms with Crippen molar-refractivity contribution in [2.75, 3.05) is 6.61 Å². The molecule has 0 saturated carbocycles. The lowest BCUT2D eigenvalue weighted by Crippen LogP contribution is -2.23. The van der Waals surface area contributed by atoms with E-state index in [9.17, 15) is 9.90 Å². The number of aromatic hydroxyl groups is 1. The molecule has 1 aromatic rings. The first-order valence-corrected chi connectivity index (χ1v) is 5.20. The quantitative estimate of drug-likeness (QED) is 0.541. The Balaban J connectivity index is 2.66. The number of para-hydroxylation sites is 1. The first-order chi connectivity index (χ1) is 7.96. The number of aliphatic hydroxyl groups is 1. The highest BCUT2D eigenvalue weighted by Crippen LogP contribution is 2.15. The molecule has 5 heteroatoms. The molecule has 0 aliphatic rings. The van der Waals surface area contributed by atoms with Crippen LogP contribution in [0.2, 0.25) is 0 Å². The monoisotopic (exact) mass is 236 g/mol.